The summed E-state index contributed by atoms with van der Waals surface area (Å²) in [4.78, 5) is 1.98. The molecule has 17 heavy (non-hydrogen) atoms. The second-order valence-electron chi connectivity index (χ2n) is 3.17. The van der Waals surface area contributed by atoms with Crippen LogP contribution in [0.4, 0.5) is 0 Å². The predicted octanol–water partition coefficient (Wildman–Crippen LogP) is 4.28. The molecule has 7 heteroatoms. The first-order chi connectivity index (χ1) is 8.02. The van der Waals surface area contributed by atoms with Crippen LogP contribution in [-0.2, 0) is 9.05 Å². The molecule has 2 nitrogen and oxygen atoms in total. The van der Waals surface area contributed by atoms with Crippen molar-refractivity contribution in [3.05, 3.63) is 35.7 Å². The Labute approximate surface area is 117 Å². The SMILES string of the molecule is O=S(=O)(Cl)c1csc(-c2ccccc2SS)c1. The molecular weight excluding hydrogens is 316 g/mol. The Balaban J connectivity index is 2.51. The van der Waals surface area contributed by atoms with Crippen LogP contribution in [0.3, 0.4) is 0 Å². The van der Waals surface area contributed by atoms with Crippen LogP contribution in [0.2, 0.25) is 0 Å². The van der Waals surface area contributed by atoms with Crippen molar-refractivity contribution in [1.82, 2.24) is 0 Å². The van der Waals surface area contributed by atoms with Gasteiger partial charge >= 0.3 is 0 Å². The van der Waals surface area contributed by atoms with Gasteiger partial charge in [-0.2, -0.15) is 0 Å². The van der Waals surface area contributed by atoms with E-state index < -0.39 is 9.05 Å². The molecule has 0 bridgehead atoms. The van der Waals surface area contributed by atoms with Gasteiger partial charge in [-0.05, 0) is 12.1 Å². The summed E-state index contributed by atoms with van der Waals surface area (Å²) in [6.07, 6.45) is 0. The molecule has 0 fully saturated rings. The van der Waals surface area contributed by atoms with Gasteiger partial charge in [-0.15, -0.1) is 23.0 Å². The highest BCUT2D eigenvalue weighted by molar-refractivity contribution is 8.68. The molecular formula is C10H7ClO2S4. The number of thiophene rings is 1. The van der Waals surface area contributed by atoms with Crippen LogP contribution >= 0.6 is 44.5 Å². The van der Waals surface area contributed by atoms with E-state index in [1.54, 1.807) is 6.07 Å². The van der Waals surface area contributed by atoms with E-state index in [2.05, 4.69) is 11.7 Å². The molecule has 0 atom stereocenters. The van der Waals surface area contributed by atoms with Gasteiger partial charge in [0.15, 0.2) is 0 Å². The van der Waals surface area contributed by atoms with Gasteiger partial charge in [0, 0.05) is 31.4 Å². The minimum Gasteiger partial charge on any atom is -0.207 e. The largest absolute Gasteiger partial charge is 0.262 e. The van der Waals surface area contributed by atoms with Gasteiger partial charge < -0.3 is 0 Å². The fourth-order valence-corrected chi connectivity index (χ4v) is 4.51. The summed E-state index contributed by atoms with van der Waals surface area (Å²) in [5.74, 6) is 0. The van der Waals surface area contributed by atoms with Crippen molar-refractivity contribution in [3.8, 4) is 10.4 Å². The van der Waals surface area contributed by atoms with Crippen LogP contribution in [0.5, 0.6) is 0 Å². The number of rotatable bonds is 3. The molecule has 0 radical (unpaired) electrons. The van der Waals surface area contributed by atoms with Crippen molar-refractivity contribution >= 4 is 53.5 Å². The van der Waals surface area contributed by atoms with Crippen LogP contribution in [0.15, 0.2) is 45.5 Å². The lowest BCUT2D eigenvalue weighted by Gasteiger charge is -2.02. The first kappa shape index (κ1) is 13.3. The highest BCUT2D eigenvalue weighted by atomic mass is 35.7. The monoisotopic (exact) mass is 322 g/mol. The lowest BCUT2D eigenvalue weighted by molar-refractivity contribution is 0.610. The van der Waals surface area contributed by atoms with E-state index in [1.807, 2.05) is 24.3 Å². The zero-order valence-corrected chi connectivity index (χ0v) is 12.4. The maximum Gasteiger partial charge on any atom is 0.262 e. The van der Waals surface area contributed by atoms with E-state index in [0.717, 1.165) is 15.3 Å². The van der Waals surface area contributed by atoms with E-state index in [4.69, 9.17) is 10.7 Å². The number of benzene rings is 1. The third-order valence-electron chi connectivity index (χ3n) is 2.11. The Hall–Kier alpha value is -0.140. The fraction of sp³-hybridized carbons (Fsp3) is 0. The van der Waals surface area contributed by atoms with Gasteiger partial charge in [-0.25, -0.2) is 8.42 Å². The van der Waals surface area contributed by atoms with Crippen molar-refractivity contribution < 1.29 is 8.42 Å². The van der Waals surface area contributed by atoms with Crippen molar-refractivity contribution in [3.63, 3.8) is 0 Å². The summed E-state index contributed by atoms with van der Waals surface area (Å²) in [7, 11) is 2.96. The van der Waals surface area contributed by atoms with E-state index >= 15 is 0 Å². The first-order valence-corrected chi connectivity index (χ1v) is 9.52. The van der Waals surface area contributed by atoms with Crippen LogP contribution in [-0.4, -0.2) is 8.42 Å². The van der Waals surface area contributed by atoms with Gasteiger partial charge in [0.1, 0.15) is 0 Å². The molecule has 0 N–H and O–H groups in total. The van der Waals surface area contributed by atoms with Crippen molar-refractivity contribution in [2.24, 2.45) is 0 Å². The topological polar surface area (TPSA) is 34.1 Å². The van der Waals surface area contributed by atoms with Gasteiger partial charge in [-0.1, -0.05) is 29.0 Å². The Kier molecular flexibility index (Phi) is 4.10. The zero-order chi connectivity index (χ0) is 12.5. The van der Waals surface area contributed by atoms with Gasteiger partial charge in [0.25, 0.3) is 9.05 Å². The smallest absolute Gasteiger partial charge is 0.207 e. The maximum atomic E-state index is 11.2. The van der Waals surface area contributed by atoms with E-state index in [9.17, 15) is 8.42 Å². The second-order valence-corrected chi connectivity index (χ2v) is 7.82. The summed E-state index contributed by atoms with van der Waals surface area (Å²) in [5.41, 5.74) is 0.962. The summed E-state index contributed by atoms with van der Waals surface area (Å²) in [6.45, 7) is 0. The molecule has 1 heterocycles. The maximum absolute atomic E-state index is 11.2. The molecule has 0 spiro atoms. The van der Waals surface area contributed by atoms with Crippen LogP contribution in [0.25, 0.3) is 10.4 Å². The number of halogens is 1. The highest BCUT2D eigenvalue weighted by Gasteiger charge is 2.14. The van der Waals surface area contributed by atoms with Crippen molar-refractivity contribution in [2.75, 3.05) is 0 Å². The van der Waals surface area contributed by atoms with Crippen LogP contribution in [0.1, 0.15) is 0 Å². The molecule has 90 valence electrons. The minimum atomic E-state index is -3.65. The van der Waals surface area contributed by atoms with Crippen molar-refractivity contribution in [1.29, 1.82) is 0 Å². The Bertz CT molecular complexity index is 633. The molecule has 1 aromatic carbocycles. The standard InChI is InChI=1S/C10H7ClO2S4/c11-17(12,13)7-5-10(15-6-7)8-3-1-2-4-9(8)16-14/h1-6,14H. The normalized spacial score (nSPS) is 11.6. The summed E-state index contributed by atoms with van der Waals surface area (Å²) >= 11 is 5.52. The Morgan fingerprint density at radius 1 is 1.29 bits per heavy atom. The van der Waals surface area contributed by atoms with Crippen molar-refractivity contribution in [2.45, 2.75) is 9.79 Å². The highest BCUT2D eigenvalue weighted by Crippen LogP contribution is 2.37. The Morgan fingerprint density at radius 3 is 2.59 bits per heavy atom. The van der Waals surface area contributed by atoms with Crippen LogP contribution < -0.4 is 0 Å². The fourth-order valence-electron chi connectivity index (χ4n) is 1.34. The number of hydrogen-bond acceptors (Lipinski definition) is 5. The average molecular weight is 323 g/mol. The first-order valence-electron chi connectivity index (χ1n) is 4.46. The third kappa shape index (κ3) is 3.00. The molecule has 2 aromatic rings. The number of hydrogen-bond donors (Lipinski definition) is 1. The molecule has 0 aliphatic rings. The number of thiol groups is 1. The molecule has 2 rings (SSSR count). The zero-order valence-electron chi connectivity index (χ0n) is 8.33. The second kappa shape index (κ2) is 5.24. The summed E-state index contributed by atoms with van der Waals surface area (Å²) in [5, 5.41) is 1.54. The molecule has 0 aliphatic heterocycles. The van der Waals surface area contributed by atoms with E-state index in [-0.39, 0.29) is 4.90 Å². The molecule has 0 aliphatic carbocycles. The molecule has 0 saturated carbocycles. The lowest BCUT2D eigenvalue weighted by atomic mass is 10.2. The van der Waals surface area contributed by atoms with E-state index in [1.165, 1.54) is 27.5 Å². The summed E-state index contributed by atoms with van der Waals surface area (Å²) in [6, 6.07) is 9.25. The lowest BCUT2D eigenvalue weighted by Crippen LogP contribution is -1.85. The molecule has 1 aromatic heterocycles. The van der Waals surface area contributed by atoms with Gasteiger partial charge in [0.2, 0.25) is 0 Å². The average Bonchev–Trinajstić information content (AvgIpc) is 2.77. The van der Waals surface area contributed by atoms with E-state index in [0.29, 0.717) is 0 Å². The van der Waals surface area contributed by atoms with Gasteiger partial charge in [-0.3, -0.25) is 0 Å². The molecule has 0 saturated heterocycles. The predicted molar refractivity (Wildman–Crippen MR) is 77.6 cm³/mol. The van der Waals surface area contributed by atoms with Crippen LogP contribution in [0, 0.1) is 0 Å². The summed E-state index contributed by atoms with van der Waals surface area (Å²) < 4.78 is 22.4. The van der Waals surface area contributed by atoms with Gasteiger partial charge in [0.05, 0.1) is 4.90 Å². The minimum absolute atomic E-state index is 0.137. The Morgan fingerprint density at radius 2 is 2.00 bits per heavy atom. The molecule has 0 amide bonds. The molecule has 0 unspecified atom stereocenters. The third-order valence-corrected chi connectivity index (χ3v) is 5.70. The quantitative estimate of drug-likeness (QED) is 0.520.